The predicted octanol–water partition coefficient (Wildman–Crippen LogP) is 1.46. The fraction of sp³-hybridized carbons (Fsp3) is 0.294. The molecule has 1 aromatic carbocycles. The first kappa shape index (κ1) is 18.8. The number of phenolic OH excluding ortho intramolecular Hbond substituents is 1. The van der Waals surface area contributed by atoms with Crippen LogP contribution in [0.4, 0.5) is 0 Å². The van der Waals surface area contributed by atoms with Gasteiger partial charge in [0.15, 0.2) is 0 Å². The Morgan fingerprint density at radius 1 is 1.00 bits per heavy atom. The lowest BCUT2D eigenvalue weighted by molar-refractivity contribution is 0.0535. The Balaban J connectivity index is 0.00000225. The molecule has 0 spiro atoms. The third kappa shape index (κ3) is 4.12. The molecule has 0 bridgehead atoms. The van der Waals surface area contributed by atoms with Gasteiger partial charge in [-0.2, -0.15) is 0 Å². The van der Waals surface area contributed by atoms with E-state index in [2.05, 4.69) is 0 Å². The third-order valence-electron chi connectivity index (χ3n) is 4.07. The van der Waals surface area contributed by atoms with Gasteiger partial charge in [-0.3, -0.25) is 9.59 Å². The molecule has 2 amide bonds. The van der Waals surface area contributed by atoms with Gasteiger partial charge in [0.05, 0.1) is 12.1 Å². The normalized spacial score (nSPS) is 14.1. The minimum atomic E-state index is -0.116. The average molecular weight is 366 g/mol. The number of rotatable bonds is 3. The van der Waals surface area contributed by atoms with Gasteiger partial charge in [0.1, 0.15) is 17.8 Å². The molecule has 25 heavy (non-hydrogen) atoms. The maximum Gasteiger partial charge on any atom is 0.257 e. The number of hydrogen-bond acceptors (Lipinski definition) is 5. The summed E-state index contributed by atoms with van der Waals surface area (Å²) in [4.78, 5) is 28.2. The van der Waals surface area contributed by atoms with Gasteiger partial charge in [-0.25, -0.2) is 0 Å². The van der Waals surface area contributed by atoms with Crippen LogP contribution in [0.25, 0.3) is 0 Å². The fourth-order valence-electron chi connectivity index (χ4n) is 2.68. The monoisotopic (exact) mass is 365 g/mol. The van der Waals surface area contributed by atoms with Gasteiger partial charge >= 0.3 is 0 Å². The summed E-state index contributed by atoms with van der Waals surface area (Å²) in [5, 5.41) is 9.29. The lowest BCUT2D eigenvalue weighted by Crippen LogP contribution is -2.50. The smallest absolute Gasteiger partial charge is 0.257 e. The zero-order valence-electron chi connectivity index (χ0n) is 13.6. The Hall–Kier alpha value is -2.51. The lowest BCUT2D eigenvalue weighted by atomic mass is 10.1. The molecule has 1 aliphatic rings. The minimum Gasteiger partial charge on any atom is -0.508 e. The number of piperazine rings is 1. The molecule has 3 rings (SSSR count). The van der Waals surface area contributed by atoms with E-state index in [0.29, 0.717) is 43.1 Å². The van der Waals surface area contributed by atoms with Crippen molar-refractivity contribution in [1.29, 1.82) is 0 Å². The standard InChI is InChI=1S/C17H19N3O4.ClH/c18-10-15-9-13(11-24-15)17(23)20-7-5-19(6-8-20)16(22)12-1-3-14(21)4-2-12;/h1-4,9,11,21H,5-8,10,18H2;1H. The molecule has 3 N–H and O–H groups in total. The van der Waals surface area contributed by atoms with Gasteiger partial charge in [0.25, 0.3) is 11.8 Å². The van der Waals surface area contributed by atoms with Crippen LogP contribution in [-0.4, -0.2) is 52.9 Å². The van der Waals surface area contributed by atoms with E-state index in [4.69, 9.17) is 10.2 Å². The number of carbonyl (C=O) groups excluding carboxylic acids is 2. The molecule has 8 heteroatoms. The van der Waals surface area contributed by atoms with E-state index in [1.165, 1.54) is 18.4 Å². The zero-order valence-corrected chi connectivity index (χ0v) is 14.4. The number of halogens is 1. The molecule has 0 atom stereocenters. The molecular formula is C17H20ClN3O4. The topological polar surface area (TPSA) is 100 Å². The summed E-state index contributed by atoms with van der Waals surface area (Å²) in [6.07, 6.45) is 1.42. The van der Waals surface area contributed by atoms with E-state index >= 15 is 0 Å². The summed E-state index contributed by atoms with van der Waals surface area (Å²) in [6.45, 7) is 2.11. The summed E-state index contributed by atoms with van der Waals surface area (Å²) in [5.74, 6) is 0.476. The number of nitrogens with zero attached hydrogens (tertiary/aromatic N) is 2. The number of aromatic hydroxyl groups is 1. The number of benzene rings is 1. The second-order valence-electron chi connectivity index (χ2n) is 5.64. The van der Waals surface area contributed by atoms with Gasteiger partial charge in [-0.15, -0.1) is 12.4 Å². The molecule has 1 saturated heterocycles. The number of phenols is 1. The summed E-state index contributed by atoms with van der Waals surface area (Å²) >= 11 is 0. The van der Waals surface area contributed by atoms with Gasteiger partial charge in [-0.1, -0.05) is 0 Å². The first-order chi connectivity index (χ1) is 11.6. The zero-order chi connectivity index (χ0) is 17.1. The molecule has 134 valence electrons. The highest BCUT2D eigenvalue weighted by Gasteiger charge is 2.26. The SMILES string of the molecule is Cl.NCc1cc(C(=O)N2CCN(C(=O)c3ccc(O)cc3)CC2)co1. The molecule has 2 heterocycles. The Morgan fingerprint density at radius 2 is 1.52 bits per heavy atom. The van der Waals surface area contributed by atoms with Crippen LogP contribution in [0.3, 0.4) is 0 Å². The third-order valence-corrected chi connectivity index (χ3v) is 4.07. The van der Waals surface area contributed by atoms with Crippen LogP contribution >= 0.6 is 12.4 Å². The molecule has 0 saturated carbocycles. The quantitative estimate of drug-likeness (QED) is 0.857. The van der Waals surface area contributed by atoms with Crippen LogP contribution < -0.4 is 5.73 Å². The van der Waals surface area contributed by atoms with E-state index < -0.39 is 0 Å². The Bertz CT molecular complexity index is 737. The molecule has 1 aliphatic heterocycles. The van der Waals surface area contributed by atoms with Crippen LogP contribution in [0.1, 0.15) is 26.5 Å². The second kappa shape index (κ2) is 8.04. The van der Waals surface area contributed by atoms with Crippen molar-refractivity contribution in [3.63, 3.8) is 0 Å². The van der Waals surface area contributed by atoms with Crippen molar-refractivity contribution in [3.05, 3.63) is 53.5 Å². The molecule has 2 aromatic rings. The number of furan rings is 1. The van der Waals surface area contributed by atoms with Crippen molar-refractivity contribution in [2.75, 3.05) is 26.2 Å². The van der Waals surface area contributed by atoms with E-state index in [1.807, 2.05) is 0 Å². The maximum atomic E-state index is 12.4. The maximum absolute atomic E-state index is 12.4. The summed E-state index contributed by atoms with van der Waals surface area (Å²) in [7, 11) is 0. The highest BCUT2D eigenvalue weighted by molar-refractivity contribution is 5.96. The van der Waals surface area contributed by atoms with E-state index in [0.717, 1.165) is 0 Å². The molecular weight excluding hydrogens is 346 g/mol. The summed E-state index contributed by atoms with van der Waals surface area (Å²) in [5.41, 5.74) is 6.48. The van der Waals surface area contributed by atoms with E-state index in [1.54, 1.807) is 28.0 Å². The number of nitrogens with two attached hydrogens (primary N) is 1. The highest BCUT2D eigenvalue weighted by atomic mass is 35.5. The van der Waals surface area contributed by atoms with Crippen molar-refractivity contribution in [2.45, 2.75) is 6.54 Å². The lowest BCUT2D eigenvalue weighted by Gasteiger charge is -2.34. The number of amides is 2. The Morgan fingerprint density at radius 3 is 2.00 bits per heavy atom. The highest BCUT2D eigenvalue weighted by Crippen LogP contribution is 2.15. The second-order valence-corrected chi connectivity index (χ2v) is 5.64. The van der Waals surface area contributed by atoms with Crippen molar-refractivity contribution in [1.82, 2.24) is 9.80 Å². The molecule has 0 radical (unpaired) electrons. The number of carbonyl (C=O) groups is 2. The molecule has 1 aromatic heterocycles. The van der Waals surface area contributed by atoms with Crippen LogP contribution in [0, 0.1) is 0 Å². The van der Waals surface area contributed by atoms with Crippen LogP contribution in [-0.2, 0) is 6.54 Å². The summed E-state index contributed by atoms with van der Waals surface area (Å²) in [6, 6.07) is 7.81. The largest absolute Gasteiger partial charge is 0.508 e. The first-order valence-corrected chi connectivity index (χ1v) is 7.73. The van der Waals surface area contributed by atoms with Gasteiger partial charge in [0.2, 0.25) is 0 Å². The predicted molar refractivity (Wildman–Crippen MR) is 93.8 cm³/mol. The fourth-order valence-corrected chi connectivity index (χ4v) is 2.68. The van der Waals surface area contributed by atoms with Gasteiger partial charge in [0, 0.05) is 31.7 Å². The van der Waals surface area contributed by atoms with Gasteiger partial charge < -0.3 is 25.1 Å². The van der Waals surface area contributed by atoms with E-state index in [9.17, 15) is 14.7 Å². The van der Waals surface area contributed by atoms with Crippen molar-refractivity contribution in [2.24, 2.45) is 5.73 Å². The van der Waals surface area contributed by atoms with Crippen LogP contribution in [0.5, 0.6) is 5.75 Å². The molecule has 1 fully saturated rings. The van der Waals surface area contributed by atoms with Crippen LogP contribution in [0.15, 0.2) is 41.0 Å². The number of hydrogen-bond donors (Lipinski definition) is 2. The summed E-state index contributed by atoms with van der Waals surface area (Å²) < 4.78 is 5.20. The Labute approximate surface area is 151 Å². The minimum absolute atomic E-state index is 0. The van der Waals surface area contributed by atoms with Crippen molar-refractivity contribution >= 4 is 24.2 Å². The molecule has 0 aliphatic carbocycles. The van der Waals surface area contributed by atoms with Gasteiger partial charge in [-0.05, 0) is 30.3 Å². The van der Waals surface area contributed by atoms with Crippen LogP contribution in [0.2, 0.25) is 0 Å². The first-order valence-electron chi connectivity index (χ1n) is 7.73. The average Bonchev–Trinajstić information content (AvgIpc) is 3.10. The Kier molecular flexibility index (Phi) is 6.06. The molecule has 0 unspecified atom stereocenters. The molecule has 7 nitrogen and oxygen atoms in total. The van der Waals surface area contributed by atoms with E-state index in [-0.39, 0.29) is 36.5 Å². The van der Waals surface area contributed by atoms with Crippen molar-refractivity contribution < 1.29 is 19.1 Å². The van der Waals surface area contributed by atoms with Crippen molar-refractivity contribution in [3.8, 4) is 5.75 Å².